The van der Waals surface area contributed by atoms with Gasteiger partial charge in [-0.25, -0.2) is 0 Å². The van der Waals surface area contributed by atoms with E-state index in [1.807, 2.05) is 0 Å². The Bertz CT molecular complexity index is 467. The number of primary amides is 1. The molecule has 0 saturated heterocycles. The summed E-state index contributed by atoms with van der Waals surface area (Å²) in [5.74, 6) is -0.543. The van der Waals surface area contributed by atoms with Crippen molar-refractivity contribution in [1.29, 1.82) is 0 Å². The van der Waals surface area contributed by atoms with Crippen LogP contribution in [0.15, 0.2) is 18.2 Å². The number of hydrogen-bond donors (Lipinski definition) is 2. The van der Waals surface area contributed by atoms with Gasteiger partial charge in [0.15, 0.2) is 0 Å². The van der Waals surface area contributed by atoms with Crippen LogP contribution in [-0.2, 0) is 11.3 Å². The second-order valence-electron chi connectivity index (χ2n) is 4.47. The van der Waals surface area contributed by atoms with E-state index in [0.29, 0.717) is 10.6 Å². The Kier molecular flexibility index (Phi) is 5.08. The fourth-order valence-electron chi connectivity index (χ4n) is 1.30. The molecule has 0 radical (unpaired) electrons. The number of ether oxygens (including phenoxy) is 1. The first-order chi connectivity index (χ1) is 8.72. The molecule has 7 heteroatoms. The van der Waals surface area contributed by atoms with Gasteiger partial charge in [-0.1, -0.05) is 11.6 Å². The molecule has 0 fully saturated rings. The molecule has 0 spiro atoms. The second kappa shape index (κ2) is 6.16. The lowest BCUT2D eigenvalue weighted by molar-refractivity contribution is -0.123. The van der Waals surface area contributed by atoms with Crippen molar-refractivity contribution < 1.29 is 18.3 Å². The van der Waals surface area contributed by atoms with Crippen LogP contribution in [0.4, 0.5) is 8.78 Å². The number of rotatable bonds is 6. The highest BCUT2D eigenvalue weighted by Crippen LogP contribution is 2.25. The first kappa shape index (κ1) is 15.7. The third-order valence-electron chi connectivity index (χ3n) is 2.58. The zero-order valence-corrected chi connectivity index (χ0v) is 11.3. The van der Waals surface area contributed by atoms with Gasteiger partial charge < -0.3 is 10.5 Å². The Hall–Kier alpha value is -1.40. The lowest BCUT2D eigenvalue weighted by Crippen LogP contribution is -2.50. The normalized spacial score (nSPS) is 11.7. The molecule has 0 atom stereocenters. The molecule has 19 heavy (non-hydrogen) atoms. The van der Waals surface area contributed by atoms with Gasteiger partial charge in [0.05, 0.1) is 5.54 Å². The van der Waals surface area contributed by atoms with E-state index in [-0.39, 0.29) is 12.3 Å². The molecule has 0 bridgehead atoms. The number of carbonyl (C=O) groups is 1. The van der Waals surface area contributed by atoms with Crippen molar-refractivity contribution in [1.82, 2.24) is 5.32 Å². The first-order valence-corrected chi connectivity index (χ1v) is 5.88. The van der Waals surface area contributed by atoms with E-state index in [0.717, 1.165) is 0 Å². The molecule has 0 aromatic heterocycles. The zero-order valence-electron chi connectivity index (χ0n) is 10.5. The Morgan fingerprint density at radius 3 is 2.68 bits per heavy atom. The Morgan fingerprint density at radius 1 is 1.53 bits per heavy atom. The average Bonchev–Trinajstić information content (AvgIpc) is 2.28. The minimum atomic E-state index is -2.93. The van der Waals surface area contributed by atoms with Crippen molar-refractivity contribution in [2.45, 2.75) is 32.5 Å². The maximum absolute atomic E-state index is 12.3. The molecule has 0 aliphatic carbocycles. The minimum absolute atomic E-state index is 0.00664. The first-order valence-electron chi connectivity index (χ1n) is 5.50. The molecule has 0 saturated carbocycles. The topological polar surface area (TPSA) is 64.3 Å². The predicted molar refractivity (Wildman–Crippen MR) is 68.2 cm³/mol. The molecule has 0 aliphatic heterocycles. The molecule has 0 heterocycles. The van der Waals surface area contributed by atoms with Gasteiger partial charge in [-0.15, -0.1) is 0 Å². The summed E-state index contributed by atoms with van der Waals surface area (Å²) in [6.07, 6.45) is 0. The lowest BCUT2D eigenvalue weighted by Gasteiger charge is -2.23. The number of amides is 1. The molecule has 4 nitrogen and oxygen atoms in total. The average molecular weight is 293 g/mol. The summed E-state index contributed by atoms with van der Waals surface area (Å²) < 4.78 is 28.9. The Morgan fingerprint density at radius 2 is 2.16 bits per heavy atom. The zero-order chi connectivity index (χ0) is 14.6. The maximum Gasteiger partial charge on any atom is 0.387 e. The van der Waals surface area contributed by atoms with Crippen LogP contribution in [0.2, 0.25) is 5.02 Å². The van der Waals surface area contributed by atoms with Crippen molar-refractivity contribution in [2.75, 3.05) is 0 Å². The summed E-state index contributed by atoms with van der Waals surface area (Å²) in [6.45, 7) is 0.378. The van der Waals surface area contributed by atoms with Gasteiger partial charge in [0, 0.05) is 17.1 Å². The smallest absolute Gasteiger partial charge is 0.387 e. The van der Waals surface area contributed by atoms with Gasteiger partial charge in [0.2, 0.25) is 5.91 Å². The fraction of sp³-hybridized carbons (Fsp3) is 0.417. The molecule has 1 amide bonds. The number of alkyl halides is 2. The molecular weight excluding hydrogens is 278 g/mol. The summed E-state index contributed by atoms with van der Waals surface area (Å²) in [6, 6.07) is 4.29. The van der Waals surface area contributed by atoms with Gasteiger partial charge in [-0.05, 0) is 32.0 Å². The fourth-order valence-corrected chi connectivity index (χ4v) is 1.50. The van der Waals surface area contributed by atoms with E-state index in [9.17, 15) is 13.6 Å². The molecule has 1 aromatic carbocycles. The number of benzene rings is 1. The molecule has 1 aromatic rings. The van der Waals surface area contributed by atoms with Gasteiger partial charge >= 0.3 is 6.61 Å². The summed E-state index contributed by atoms with van der Waals surface area (Å²) in [4.78, 5) is 11.2. The SMILES string of the molecule is CC(C)(NCc1cc(Cl)ccc1OC(F)F)C(N)=O. The van der Waals surface area contributed by atoms with Gasteiger partial charge in [0.25, 0.3) is 0 Å². The molecule has 106 valence electrons. The lowest BCUT2D eigenvalue weighted by atomic mass is 10.0. The van der Waals surface area contributed by atoms with Crippen LogP contribution in [0.3, 0.4) is 0 Å². The van der Waals surface area contributed by atoms with Crippen molar-refractivity contribution in [3.8, 4) is 5.75 Å². The molecule has 3 N–H and O–H groups in total. The van der Waals surface area contributed by atoms with Crippen LogP contribution in [0.1, 0.15) is 19.4 Å². The van der Waals surface area contributed by atoms with Crippen molar-refractivity contribution in [2.24, 2.45) is 5.73 Å². The van der Waals surface area contributed by atoms with Crippen molar-refractivity contribution in [3.63, 3.8) is 0 Å². The highest BCUT2D eigenvalue weighted by Gasteiger charge is 2.24. The highest BCUT2D eigenvalue weighted by atomic mass is 35.5. The third-order valence-corrected chi connectivity index (χ3v) is 2.81. The van der Waals surface area contributed by atoms with Crippen LogP contribution in [0.5, 0.6) is 5.75 Å². The quantitative estimate of drug-likeness (QED) is 0.845. The third kappa shape index (κ3) is 4.65. The number of hydrogen-bond acceptors (Lipinski definition) is 3. The van der Waals surface area contributed by atoms with Gasteiger partial charge in [-0.2, -0.15) is 8.78 Å². The van der Waals surface area contributed by atoms with Crippen LogP contribution in [0.25, 0.3) is 0 Å². The Balaban J connectivity index is 2.87. The van der Waals surface area contributed by atoms with E-state index < -0.39 is 18.1 Å². The van der Waals surface area contributed by atoms with Crippen molar-refractivity contribution >= 4 is 17.5 Å². The maximum atomic E-state index is 12.3. The Labute approximate surface area is 114 Å². The molecule has 1 rings (SSSR count). The van der Waals surface area contributed by atoms with Gasteiger partial charge in [-0.3, -0.25) is 10.1 Å². The standard InChI is InChI=1S/C12H15ClF2N2O2/c1-12(2,10(16)18)17-6-7-5-8(13)3-4-9(7)19-11(14)15/h3-5,11,17H,6H2,1-2H3,(H2,16,18). The highest BCUT2D eigenvalue weighted by molar-refractivity contribution is 6.30. The summed E-state index contributed by atoms with van der Waals surface area (Å²) in [5.41, 5.74) is 4.66. The summed E-state index contributed by atoms with van der Waals surface area (Å²) >= 11 is 5.80. The molecular formula is C12H15ClF2N2O2. The monoisotopic (exact) mass is 292 g/mol. The number of halogens is 3. The largest absolute Gasteiger partial charge is 0.434 e. The molecule has 0 aliphatic rings. The predicted octanol–water partition coefficient (Wildman–Crippen LogP) is 2.29. The van der Waals surface area contributed by atoms with Crippen LogP contribution < -0.4 is 15.8 Å². The van der Waals surface area contributed by atoms with E-state index >= 15 is 0 Å². The second-order valence-corrected chi connectivity index (χ2v) is 4.91. The van der Waals surface area contributed by atoms with E-state index in [4.69, 9.17) is 17.3 Å². The van der Waals surface area contributed by atoms with Crippen LogP contribution in [-0.4, -0.2) is 18.1 Å². The van der Waals surface area contributed by atoms with E-state index in [1.54, 1.807) is 13.8 Å². The van der Waals surface area contributed by atoms with E-state index in [1.165, 1.54) is 18.2 Å². The number of nitrogens with one attached hydrogen (secondary N) is 1. The van der Waals surface area contributed by atoms with Crippen molar-refractivity contribution in [3.05, 3.63) is 28.8 Å². The minimum Gasteiger partial charge on any atom is -0.434 e. The van der Waals surface area contributed by atoms with Crippen LogP contribution in [0, 0.1) is 0 Å². The van der Waals surface area contributed by atoms with Gasteiger partial charge in [0.1, 0.15) is 5.75 Å². The van der Waals surface area contributed by atoms with Crippen LogP contribution >= 0.6 is 11.6 Å². The summed E-state index contributed by atoms with van der Waals surface area (Å²) in [5, 5.41) is 3.24. The number of nitrogens with two attached hydrogens (primary N) is 1. The summed E-state index contributed by atoms with van der Waals surface area (Å²) in [7, 11) is 0. The van der Waals surface area contributed by atoms with E-state index in [2.05, 4.69) is 10.1 Å². The number of carbonyl (C=O) groups excluding carboxylic acids is 1. The molecule has 0 unspecified atom stereocenters.